The molecule has 3 aromatic rings. The van der Waals surface area contributed by atoms with Gasteiger partial charge in [-0.3, -0.25) is 14.9 Å². The zero-order chi connectivity index (χ0) is 20.5. The van der Waals surface area contributed by atoms with E-state index in [4.69, 9.17) is 11.6 Å². The lowest BCUT2D eigenvalue weighted by Gasteiger charge is -2.17. The van der Waals surface area contributed by atoms with E-state index >= 15 is 0 Å². The Balaban J connectivity index is 1.47. The quantitative estimate of drug-likeness (QED) is 0.555. The normalized spacial score (nSPS) is 16.3. The highest BCUT2D eigenvalue weighted by Gasteiger charge is 2.34. The van der Waals surface area contributed by atoms with Crippen molar-refractivity contribution in [3.8, 4) is 0 Å². The minimum atomic E-state index is -0.265. The predicted octanol–water partition coefficient (Wildman–Crippen LogP) is 5.04. The van der Waals surface area contributed by atoms with E-state index in [1.807, 2.05) is 25.1 Å². The van der Waals surface area contributed by atoms with Crippen molar-refractivity contribution in [3.05, 3.63) is 68.1 Å². The highest BCUT2D eigenvalue weighted by Crippen LogP contribution is 2.35. The Morgan fingerprint density at radius 1 is 1.28 bits per heavy atom. The lowest BCUT2D eigenvalue weighted by molar-refractivity contribution is -0.117. The molecule has 1 aliphatic rings. The van der Waals surface area contributed by atoms with Crippen LogP contribution >= 0.6 is 38.9 Å². The number of anilines is 2. The molecule has 0 bridgehead atoms. The van der Waals surface area contributed by atoms with Crippen molar-refractivity contribution >= 4 is 61.5 Å². The Morgan fingerprint density at radius 2 is 2.07 bits per heavy atom. The molecule has 29 heavy (non-hydrogen) atoms. The summed E-state index contributed by atoms with van der Waals surface area (Å²) in [7, 11) is 0. The van der Waals surface area contributed by atoms with Crippen LogP contribution in [-0.4, -0.2) is 28.6 Å². The van der Waals surface area contributed by atoms with Crippen molar-refractivity contribution in [2.75, 3.05) is 16.8 Å². The van der Waals surface area contributed by atoms with Crippen molar-refractivity contribution in [2.45, 2.75) is 19.3 Å². The second kappa shape index (κ2) is 8.22. The molecule has 2 amide bonds. The molecule has 2 heterocycles. The molecular weight excluding hydrogens is 476 g/mol. The second-order valence-electron chi connectivity index (χ2n) is 6.72. The van der Waals surface area contributed by atoms with Gasteiger partial charge >= 0.3 is 0 Å². The van der Waals surface area contributed by atoms with Crippen molar-refractivity contribution < 1.29 is 9.59 Å². The maximum atomic E-state index is 12.5. The summed E-state index contributed by atoms with van der Waals surface area (Å²) in [5.41, 5.74) is 2.26. The minimum Gasteiger partial charge on any atom is -0.312 e. The molecule has 1 saturated heterocycles. The first kappa shape index (κ1) is 20.0. The summed E-state index contributed by atoms with van der Waals surface area (Å²) in [4.78, 5) is 26.7. The highest BCUT2D eigenvalue weighted by molar-refractivity contribution is 9.10. The number of carbonyl (C=O) groups is 2. The van der Waals surface area contributed by atoms with Crippen LogP contribution in [0.2, 0.25) is 5.02 Å². The van der Waals surface area contributed by atoms with Gasteiger partial charge in [-0.1, -0.05) is 41.1 Å². The lowest BCUT2D eigenvalue weighted by atomic mass is 10.1. The zero-order valence-corrected chi connectivity index (χ0v) is 18.5. The molecule has 1 unspecified atom stereocenters. The molecule has 0 spiro atoms. The fourth-order valence-corrected chi connectivity index (χ4v) is 4.60. The third kappa shape index (κ3) is 4.19. The molecule has 0 aliphatic carbocycles. The van der Waals surface area contributed by atoms with Gasteiger partial charge in [0.25, 0.3) is 5.91 Å². The fraction of sp³-hybridized carbons (Fsp3) is 0.200. The standard InChI is InChI=1S/C20H16BrClN4O2S/c1-11-6-7-13(9-16(11)22)26-10-12(8-17(26)27)19-24-25-20(29-19)23-18(28)14-4-2-3-5-15(14)21/h2-7,9,12H,8,10H2,1H3,(H,23,25,28). The number of nitrogens with one attached hydrogen (secondary N) is 1. The van der Waals surface area contributed by atoms with Crippen LogP contribution in [0.4, 0.5) is 10.8 Å². The van der Waals surface area contributed by atoms with Crippen LogP contribution in [0, 0.1) is 6.92 Å². The molecule has 2 aromatic carbocycles. The number of aryl methyl sites for hydroxylation is 1. The van der Waals surface area contributed by atoms with E-state index in [-0.39, 0.29) is 17.7 Å². The van der Waals surface area contributed by atoms with Crippen LogP contribution in [0.25, 0.3) is 0 Å². The molecule has 1 N–H and O–H groups in total. The van der Waals surface area contributed by atoms with Gasteiger partial charge in [-0.05, 0) is 52.7 Å². The molecule has 148 valence electrons. The number of rotatable bonds is 4. The minimum absolute atomic E-state index is 0.0175. The van der Waals surface area contributed by atoms with Crippen molar-refractivity contribution in [1.29, 1.82) is 0 Å². The number of aromatic nitrogens is 2. The van der Waals surface area contributed by atoms with Gasteiger partial charge in [-0.25, -0.2) is 0 Å². The lowest BCUT2D eigenvalue weighted by Crippen LogP contribution is -2.24. The van der Waals surface area contributed by atoms with E-state index < -0.39 is 0 Å². The third-order valence-electron chi connectivity index (χ3n) is 4.72. The van der Waals surface area contributed by atoms with Crippen molar-refractivity contribution in [3.63, 3.8) is 0 Å². The van der Waals surface area contributed by atoms with Crippen molar-refractivity contribution in [1.82, 2.24) is 10.2 Å². The number of hydrogen-bond donors (Lipinski definition) is 1. The van der Waals surface area contributed by atoms with Gasteiger partial charge in [0.2, 0.25) is 11.0 Å². The molecule has 0 radical (unpaired) electrons. The van der Waals surface area contributed by atoms with Crippen LogP contribution in [0.1, 0.15) is 33.3 Å². The molecule has 9 heteroatoms. The van der Waals surface area contributed by atoms with E-state index in [1.165, 1.54) is 11.3 Å². The molecular formula is C20H16BrClN4O2S. The Kier molecular flexibility index (Phi) is 5.67. The summed E-state index contributed by atoms with van der Waals surface area (Å²) in [6.07, 6.45) is 0.346. The largest absolute Gasteiger partial charge is 0.312 e. The van der Waals surface area contributed by atoms with Gasteiger partial charge in [0, 0.05) is 34.1 Å². The van der Waals surface area contributed by atoms with Crippen LogP contribution in [0.3, 0.4) is 0 Å². The number of amides is 2. The molecule has 1 fully saturated rings. The monoisotopic (exact) mass is 490 g/mol. The van der Waals surface area contributed by atoms with Crippen LogP contribution in [0.15, 0.2) is 46.9 Å². The summed E-state index contributed by atoms with van der Waals surface area (Å²) in [6.45, 7) is 2.43. The highest BCUT2D eigenvalue weighted by atomic mass is 79.9. The van der Waals surface area contributed by atoms with Crippen LogP contribution in [-0.2, 0) is 4.79 Å². The van der Waals surface area contributed by atoms with Gasteiger partial charge in [-0.15, -0.1) is 10.2 Å². The number of hydrogen-bond acceptors (Lipinski definition) is 5. The maximum Gasteiger partial charge on any atom is 0.258 e. The Bertz CT molecular complexity index is 1100. The fourth-order valence-electron chi connectivity index (χ4n) is 3.13. The maximum absolute atomic E-state index is 12.5. The van der Waals surface area contributed by atoms with E-state index in [0.717, 1.165) is 16.3 Å². The van der Waals surface area contributed by atoms with Crippen LogP contribution < -0.4 is 10.2 Å². The summed E-state index contributed by atoms with van der Waals surface area (Å²) in [5.74, 6) is -0.322. The average Bonchev–Trinajstić information content (AvgIpc) is 3.31. The predicted molar refractivity (Wildman–Crippen MR) is 118 cm³/mol. The van der Waals surface area contributed by atoms with Gasteiger partial charge in [0.05, 0.1) is 5.56 Å². The van der Waals surface area contributed by atoms with E-state index in [0.29, 0.717) is 33.2 Å². The smallest absolute Gasteiger partial charge is 0.258 e. The number of nitrogens with zero attached hydrogens (tertiary/aromatic N) is 3. The summed E-state index contributed by atoms with van der Waals surface area (Å²) >= 11 is 10.9. The van der Waals surface area contributed by atoms with Gasteiger partial charge in [-0.2, -0.15) is 0 Å². The molecule has 4 rings (SSSR count). The first-order valence-corrected chi connectivity index (χ1v) is 10.9. The summed E-state index contributed by atoms with van der Waals surface area (Å²) in [5, 5.41) is 12.8. The molecule has 6 nitrogen and oxygen atoms in total. The van der Waals surface area contributed by atoms with Crippen LogP contribution in [0.5, 0.6) is 0 Å². The van der Waals surface area contributed by atoms with E-state index in [2.05, 4.69) is 31.4 Å². The van der Waals surface area contributed by atoms with Gasteiger partial charge in [0.1, 0.15) is 5.01 Å². The topological polar surface area (TPSA) is 75.2 Å². The second-order valence-corrected chi connectivity index (χ2v) is 8.99. The number of benzene rings is 2. The Hall–Kier alpha value is -2.29. The average molecular weight is 492 g/mol. The van der Waals surface area contributed by atoms with E-state index in [1.54, 1.807) is 29.2 Å². The number of carbonyl (C=O) groups excluding carboxylic acids is 2. The molecule has 1 atom stereocenters. The van der Waals surface area contributed by atoms with Crippen molar-refractivity contribution in [2.24, 2.45) is 0 Å². The number of halogens is 2. The third-order valence-corrected chi connectivity index (χ3v) is 6.82. The first-order valence-electron chi connectivity index (χ1n) is 8.88. The Labute approximate surface area is 185 Å². The summed E-state index contributed by atoms with van der Waals surface area (Å²) in [6, 6.07) is 12.8. The summed E-state index contributed by atoms with van der Waals surface area (Å²) < 4.78 is 0.705. The zero-order valence-electron chi connectivity index (χ0n) is 15.4. The van der Waals surface area contributed by atoms with Gasteiger partial charge in [0.15, 0.2) is 0 Å². The molecule has 0 saturated carbocycles. The van der Waals surface area contributed by atoms with Gasteiger partial charge < -0.3 is 4.90 Å². The Morgan fingerprint density at radius 3 is 2.83 bits per heavy atom. The van der Waals surface area contributed by atoms with E-state index in [9.17, 15) is 9.59 Å². The SMILES string of the molecule is Cc1ccc(N2CC(c3nnc(NC(=O)c4ccccc4Br)s3)CC2=O)cc1Cl. The molecule has 1 aliphatic heterocycles. The first-order chi connectivity index (χ1) is 13.9. The molecule has 1 aromatic heterocycles.